The first-order valence-electron chi connectivity index (χ1n) is 6.23. The van der Waals surface area contributed by atoms with Crippen LogP contribution < -0.4 is 5.32 Å². The van der Waals surface area contributed by atoms with Crippen molar-refractivity contribution in [3.63, 3.8) is 0 Å². The van der Waals surface area contributed by atoms with Crippen LogP contribution in [0.5, 0.6) is 0 Å². The molecule has 6 heteroatoms. The largest absolute Gasteiger partial charge is 0.300 e. The molecule has 0 saturated heterocycles. The normalized spacial score (nSPS) is 11.4. The van der Waals surface area contributed by atoms with Crippen molar-refractivity contribution in [2.75, 3.05) is 5.32 Å². The third kappa shape index (κ3) is 3.60. The molecule has 0 aliphatic rings. The zero-order valence-electron chi connectivity index (χ0n) is 11.6. The molecule has 0 bridgehead atoms. The number of hydrogen-bond acceptors (Lipinski definition) is 4. The average Bonchev–Trinajstić information content (AvgIpc) is 2.78. The second-order valence-corrected chi connectivity index (χ2v) is 6.54. The minimum absolute atomic E-state index is 0.119. The van der Waals surface area contributed by atoms with E-state index in [4.69, 9.17) is 0 Å². The van der Waals surface area contributed by atoms with Gasteiger partial charge in [0.2, 0.25) is 11.0 Å². The molecule has 0 atom stereocenters. The SMILES string of the molecule is CC(C)(C)C(=O)Nc1nnc(Cc2ccccc2F)s1. The summed E-state index contributed by atoms with van der Waals surface area (Å²) in [5.74, 6) is -0.380. The van der Waals surface area contributed by atoms with Crippen molar-refractivity contribution < 1.29 is 9.18 Å². The number of amides is 1. The predicted molar refractivity (Wildman–Crippen MR) is 77.2 cm³/mol. The van der Waals surface area contributed by atoms with E-state index in [-0.39, 0.29) is 11.7 Å². The minimum Gasteiger partial charge on any atom is -0.300 e. The molecule has 0 fully saturated rings. The lowest BCUT2D eigenvalue weighted by Crippen LogP contribution is -2.27. The summed E-state index contributed by atoms with van der Waals surface area (Å²) in [6.45, 7) is 5.47. The fourth-order valence-electron chi connectivity index (χ4n) is 1.46. The number of halogens is 1. The number of rotatable bonds is 3. The lowest BCUT2D eigenvalue weighted by molar-refractivity contribution is -0.123. The Labute approximate surface area is 121 Å². The van der Waals surface area contributed by atoms with Gasteiger partial charge in [-0.3, -0.25) is 4.79 Å². The highest BCUT2D eigenvalue weighted by Crippen LogP contribution is 2.22. The summed E-state index contributed by atoms with van der Waals surface area (Å²) >= 11 is 1.26. The molecule has 2 aromatic rings. The van der Waals surface area contributed by atoms with Crippen molar-refractivity contribution in [2.45, 2.75) is 27.2 Å². The van der Waals surface area contributed by atoms with Crippen molar-refractivity contribution in [3.05, 3.63) is 40.7 Å². The van der Waals surface area contributed by atoms with Gasteiger partial charge in [0, 0.05) is 11.8 Å². The molecule has 1 aromatic carbocycles. The van der Waals surface area contributed by atoms with Crippen molar-refractivity contribution in [1.29, 1.82) is 0 Å². The van der Waals surface area contributed by atoms with Crippen LogP contribution in [0.15, 0.2) is 24.3 Å². The highest BCUT2D eigenvalue weighted by Gasteiger charge is 2.22. The van der Waals surface area contributed by atoms with Gasteiger partial charge in [0.15, 0.2) is 0 Å². The van der Waals surface area contributed by atoms with E-state index in [2.05, 4.69) is 15.5 Å². The fourth-order valence-corrected chi connectivity index (χ4v) is 2.22. The van der Waals surface area contributed by atoms with Gasteiger partial charge in [-0.2, -0.15) is 0 Å². The second-order valence-electron chi connectivity index (χ2n) is 5.47. The molecule has 0 unspecified atom stereocenters. The summed E-state index contributed by atoms with van der Waals surface area (Å²) in [6.07, 6.45) is 0.371. The first-order valence-corrected chi connectivity index (χ1v) is 7.05. The number of carbonyl (C=O) groups is 1. The Morgan fingerprint density at radius 2 is 2.00 bits per heavy atom. The molecule has 1 heterocycles. The van der Waals surface area contributed by atoms with Crippen LogP contribution in [-0.2, 0) is 11.2 Å². The highest BCUT2D eigenvalue weighted by molar-refractivity contribution is 7.15. The van der Waals surface area contributed by atoms with Crippen molar-refractivity contribution in [2.24, 2.45) is 5.41 Å². The average molecular weight is 293 g/mol. The van der Waals surface area contributed by atoms with E-state index >= 15 is 0 Å². The molecule has 0 saturated carbocycles. The van der Waals surface area contributed by atoms with E-state index in [1.807, 2.05) is 20.8 Å². The zero-order valence-corrected chi connectivity index (χ0v) is 12.4. The van der Waals surface area contributed by atoms with Gasteiger partial charge < -0.3 is 5.32 Å². The number of hydrogen-bond donors (Lipinski definition) is 1. The first-order chi connectivity index (χ1) is 9.36. The molecular weight excluding hydrogens is 277 g/mol. The monoisotopic (exact) mass is 293 g/mol. The Bertz CT molecular complexity index is 619. The van der Waals surface area contributed by atoms with Gasteiger partial charge in [0.1, 0.15) is 10.8 Å². The fraction of sp³-hybridized carbons (Fsp3) is 0.357. The highest BCUT2D eigenvalue weighted by atomic mass is 32.1. The Balaban J connectivity index is 2.07. The van der Waals surface area contributed by atoms with Crippen LogP contribution in [0.3, 0.4) is 0 Å². The summed E-state index contributed by atoms with van der Waals surface area (Å²) in [5.41, 5.74) is 0.0783. The van der Waals surface area contributed by atoms with Gasteiger partial charge in [0.25, 0.3) is 0 Å². The lowest BCUT2D eigenvalue weighted by atomic mass is 9.96. The van der Waals surface area contributed by atoms with E-state index in [1.54, 1.807) is 18.2 Å². The maximum atomic E-state index is 13.5. The first kappa shape index (κ1) is 14.6. The van der Waals surface area contributed by atoms with Gasteiger partial charge in [-0.15, -0.1) is 10.2 Å². The summed E-state index contributed by atoms with van der Waals surface area (Å²) in [4.78, 5) is 11.8. The van der Waals surface area contributed by atoms with E-state index < -0.39 is 5.41 Å². The van der Waals surface area contributed by atoms with E-state index in [0.717, 1.165) is 0 Å². The molecule has 106 valence electrons. The number of nitrogens with one attached hydrogen (secondary N) is 1. The van der Waals surface area contributed by atoms with Crippen LogP contribution in [0.2, 0.25) is 0 Å². The maximum absolute atomic E-state index is 13.5. The van der Waals surface area contributed by atoms with Gasteiger partial charge in [-0.05, 0) is 11.6 Å². The van der Waals surface area contributed by atoms with Crippen LogP contribution >= 0.6 is 11.3 Å². The molecule has 0 spiro atoms. The van der Waals surface area contributed by atoms with Crippen LogP contribution in [-0.4, -0.2) is 16.1 Å². The lowest BCUT2D eigenvalue weighted by Gasteiger charge is -2.15. The Morgan fingerprint density at radius 1 is 1.30 bits per heavy atom. The molecule has 1 amide bonds. The molecule has 4 nitrogen and oxygen atoms in total. The van der Waals surface area contributed by atoms with Crippen molar-refractivity contribution in [1.82, 2.24) is 10.2 Å². The molecule has 1 aromatic heterocycles. The number of nitrogens with zero attached hydrogens (tertiary/aromatic N) is 2. The Kier molecular flexibility index (Phi) is 4.13. The van der Waals surface area contributed by atoms with Crippen LogP contribution in [0.1, 0.15) is 31.3 Å². The number of carbonyl (C=O) groups excluding carboxylic acids is 1. The number of aromatic nitrogens is 2. The van der Waals surface area contributed by atoms with Gasteiger partial charge in [-0.25, -0.2) is 4.39 Å². The van der Waals surface area contributed by atoms with Crippen molar-refractivity contribution >= 4 is 22.4 Å². The predicted octanol–water partition coefficient (Wildman–Crippen LogP) is 3.25. The molecule has 0 aliphatic carbocycles. The van der Waals surface area contributed by atoms with Gasteiger partial charge in [-0.1, -0.05) is 50.3 Å². The van der Waals surface area contributed by atoms with E-state index in [1.165, 1.54) is 17.4 Å². The summed E-state index contributed by atoms with van der Waals surface area (Å²) in [6, 6.07) is 6.55. The molecule has 0 aliphatic heterocycles. The minimum atomic E-state index is -0.489. The van der Waals surface area contributed by atoms with E-state index in [9.17, 15) is 9.18 Å². The topological polar surface area (TPSA) is 54.9 Å². The third-order valence-electron chi connectivity index (χ3n) is 2.67. The second kappa shape index (κ2) is 5.66. The molecule has 1 N–H and O–H groups in total. The third-order valence-corrected chi connectivity index (χ3v) is 3.51. The zero-order chi connectivity index (χ0) is 14.8. The van der Waals surface area contributed by atoms with Gasteiger partial charge >= 0.3 is 0 Å². The Hall–Kier alpha value is -1.82. The number of benzene rings is 1. The van der Waals surface area contributed by atoms with Crippen molar-refractivity contribution in [3.8, 4) is 0 Å². The summed E-state index contributed by atoms with van der Waals surface area (Å²) in [7, 11) is 0. The maximum Gasteiger partial charge on any atom is 0.231 e. The molecule has 0 radical (unpaired) electrons. The molecular formula is C14H16FN3OS. The van der Waals surface area contributed by atoms with Crippen LogP contribution in [0.25, 0.3) is 0 Å². The quantitative estimate of drug-likeness (QED) is 0.945. The Morgan fingerprint density at radius 3 is 2.65 bits per heavy atom. The number of anilines is 1. The smallest absolute Gasteiger partial charge is 0.231 e. The summed E-state index contributed by atoms with van der Waals surface area (Å²) in [5, 5.41) is 11.7. The standard InChI is InChI=1S/C14H16FN3OS/c1-14(2,3)12(19)16-13-18-17-11(20-13)8-9-6-4-5-7-10(9)15/h4-7H,8H2,1-3H3,(H,16,18,19). The molecule has 20 heavy (non-hydrogen) atoms. The van der Waals surface area contributed by atoms with Gasteiger partial charge in [0.05, 0.1) is 0 Å². The van der Waals surface area contributed by atoms with E-state index in [0.29, 0.717) is 22.1 Å². The summed E-state index contributed by atoms with van der Waals surface area (Å²) < 4.78 is 13.5. The van der Waals surface area contributed by atoms with Crippen LogP contribution in [0, 0.1) is 11.2 Å². The van der Waals surface area contributed by atoms with Crippen LogP contribution in [0.4, 0.5) is 9.52 Å². The molecule has 2 rings (SSSR count).